The van der Waals surface area contributed by atoms with Gasteiger partial charge in [0.05, 0.1) is 18.4 Å². The fraction of sp³-hybridized carbons (Fsp3) is 0.208. The van der Waals surface area contributed by atoms with Crippen LogP contribution < -0.4 is 10.3 Å². The number of aromatic nitrogens is 3. The molecule has 0 N–H and O–H groups in total. The van der Waals surface area contributed by atoms with E-state index in [-0.39, 0.29) is 5.56 Å². The first-order valence-electron chi connectivity index (χ1n) is 9.94. The SMILES string of the molecule is COc1ccccc1-c1cc(-c2nc(C)cs2)c(=O)n2c1-c1cnccc1CCC2. The molecule has 3 aromatic heterocycles. The van der Waals surface area contributed by atoms with Crippen LogP contribution in [0.4, 0.5) is 0 Å². The number of ether oxygens (including phenoxy) is 1. The Balaban J connectivity index is 1.91. The van der Waals surface area contributed by atoms with Gasteiger partial charge in [-0.15, -0.1) is 11.3 Å². The lowest BCUT2D eigenvalue weighted by atomic mass is 9.95. The first-order chi connectivity index (χ1) is 14.7. The van der Waals surface area contributed by atoms with Gasteiger partial charge in [0.15, 0.2) is 0 Å². The summed E-state index contributed by atoms with van der Waals surface area (Å²) < 4.78 is 7.58. The molecule has 4 heterocycles. The maximum absolute atomic E-state index is 13.6. The average molecular weight is 416 g/mol. The highest BCUT2D eigenvalue weighted by Crippen LogP contribution is 2.40. The van der Waals surface area contributed by atoms with E-state index in [9.17, 15) is 4.79 Å². The van der Waals surface area contributed by atoms with E-state index in [0.29, 0.717) is 12.1 Å². The van der Waals surface area contributed by atoms with Crippen molar-refractivity contribution in [3.05, 3.63) is 75.8 Å². The zero-order valence-electron chi connectivity index (χ0n) is 16.9. The Hall–Kier alpha value is -3.25. The van der Waals surface area contributed by atoms with Gasteiger partial charge < -0.3 is 9.30 Å². The molecule has 4 aromatic rings. The number of fused-ring (bicyclic) bond motifs is 3. The molecular weight excluding hydrogens is 394 g/mol. The molecule has 0 bridgehead atoms. The van der Waals surface area contributed by atoms with Crippen molar-refractivity contribution in [2.45, 2.75) is 26.3 Å². The molecule has 1 aliphatic rings. The van der Waals surface area contributed by atoms with E-state index >= 15 is 0 Å². The zero-order chi connectivity index (χ0) is 20.7. The molecule has 0 aliphatic carbocycles. The lowest BCUT2D eigenvalue weighted by Crippen LogP contribution is -2.24. The summed E-state index contributed by atoms with van der Waals surface area (Å²) in [5.41, 5.74) is 6.59. The number of benzene rings is 1. The number of nitrogens with zero attached hydrogens (tertiary/aromatic N) is 3. The largest absolute Gasteiger partial charge is 0.496 e. The molecular formula is C24H21N3O2S. The second-order valence-corrected chi connectivity index (χ2v) is 8.27. The number of thiazole rings is 1. The predicted molar refractivity (Wildman–Crippen MR) is 120 cm³/mol. The van der Waals surface area contributed by atoms with Crippen molar-refractivity contribution in [1.82, 2.24) is 14.5 Å². The molecule has 150 valence electrons. The summed E-state index contributed by atoms with van der Waals surface area (Å²) in [5.74, 6) is 0.773. The molecule has 0 fully saturated rings. The number of methoxy groups -OCH3 is 1. The molecule has 6 heteroatoms. The predicted octanol–water partition coefficient (Wildman–Crippen LogP) is 4.96. The summed E-state index contributed by atoms with van der Waals surface area (Å²) in [4.78, 5) is 22.6. The van der Waals surface area contributed by atoms with E-state index < -0.39 is 0 Å². The van der Waals surface area contributed by atoms with Crippen LogP contribution in [0, 0.1) is 6.92 Å². The zero-order valence-corrected chi connectivity index (χ0v) is 17.7. The average Bonchev–Trinajstić information content (AvgIpc) is 3.10. The minimum atomic E-state index is -0.00491. The third kappa shape index (κ3) is 3.04. The number of hydrogen-bond acceptors (Lipinski definition) is 5. The molecule has 0 spiro atoms. The van der Waals surface area contributed by atoms with E-state index in [1.165, 1.54) is 16.9 Å². The van der Waals surface area contributed by atoms with Crippen molar-refractivity contribution in [2.75, 3.05) is 7.11 Å². The highest BCUT2D eigenvalue weighted by molar-refractivity contribution is 7.13. The molecule has 1 aromatic carbocycles. The van der Waals surface area contributed by atoms with Crippen molar-refractivity contribution in [2.24, 2.45) is 0 Å². The van der Waals surface area contributed by atoms with Crippen LogP contribution in [0.5, 0.6) is 5.75 Å². The monoisotopic (exact) mass is 415 g/mol. The molecule has 5 nitrogen and oxygen atoms in total. The van der Waals surface area contributed by atoms with Gasteiger partial charge in [-0.1, -0.05) is 18.2 Å². The van der Waals surface area contributed by atoms with Gasteiger partial charge in [-0.05, 0) is 43.5 Å². The van der Waals surface area contributed by atoms with E-state index in [1.807, 2.05) is 59.6 Å². The van der Waals surface area contributed by atoms with Crippen LogP contribution in [0.25, 0.3) is 33.0 Å². The van der Waals surface area contributed by atoms with Crippen molar-refractivity contribution >= 4 is 11.3 Å². The summed E-state index contributed by atoms with van der Waals surface area (Å²) in [7, 11) is 1.67. The van der Waals surface area contributed by atoms with E-state index in [0.717, 1.165) is 51.7 Å². The fourth-order valence-electron chi connectivity index (χ4n) is 4.16. The van der Waals surface area contributed by atoms with Crippen LogP contribution in [0.2, 0.25) is 0 Å². The minimum absolute atomic E-state index is 0.00491. The second kappa shape index (κ2) is 7.54. The fourth-order valence-corrected chi connectivity index (χ4v) is 4.96. The normalized spacial score (nSPS) is 12.7. The molecule has 0 atom stereocenters. The summed E-state index contributed by atoms with van der Waals surface area (Å²) in [6.45, 7) is 2.60. The van der Waals surface area contributed by atoms with Crippen LogP contribution in [0.1, 0.15) is 17.7 Å². The number of hydrogen-bond donors (Lipinski definition) is 0. The summed E-state index contributed by atoms with van der Waals surface area (Å²) in [6, 6.07) is 12.0. The van der Waals surface area contributed by atoms with Crippen molar-refractivity contribution < 1.29 is 4.74 Å². The molecule has 0 radical (unpaired) electrons. The van der Waals surface area contributed by atoms with Gasteiger partial charge in [-0.2, -0.15) is 0 Å². The number of para-hydroxylation sites is 1. The van der Waals surface area contributed by atoms with Crippen molar-refractivity contribution in [3.63, 3.8) is 0 Å². The number of rotatable bonds is 3. The lowest BCUT2D eigenvalue weighted by Gasteiger charge is -2.19. The third-order valence-electron chi connectivity index (χ3n) is 5.53. The Morgan fingerprint density at radius 1 is 1.10 bits per heavy atom. The van der Waals surface area contributed by atoms with Crippen molar-refractivity contribution in [1.29, 1.82) is 0 Å². The van der Waals surface area contributed by atoms with Crippen LogP contribution in [-0.2, 0) is 13.0 Å². The highest BCUT2D eigenvalue weighted by Gasteiger charge is 2.24. The molecule has 0 saturated carbocycles. The first-order valence-corrected chi connectivity index (χ1v) is 10.8. The van der Waals surface area contributed by atoms with Gasteiger partial charge in [0.1, 0.15) is 10.8 Å². The standard InChI is InChI=1S/C24H21N3O2S/c1-15-14-30-23(26-15)19-12-18(17-7-3-4-8-21(17)29-2)22-20-13-25-10-9-16(20)6-5-11-27(22)24(19)28/h3-4,7-10,12-14H,5-6,11H2,1-2H3. The molecule has 0 saturated heterocycles. The summed E-state index contributed by atoms with van der Waals surface area (Å²) in [5, 5.41) is 2.73. The maximum atomic E-state index is 13.6. The van der Waals surface area contributed by atoms with Gasteiger partial charge in [0, 0.05) is 46.7 Å². The maximum Gasteiger partial charge on any atom is 0.261 e. The quantitative estimate of drug-likeness (QED) is 0.474. The van der Waals surface area contributed by atoms with Gasteiger partial charge in [-0.25, -0.2) is 4.98 Å². The van der Waals surface area contributed by atoms with E-state index in [2.05, 4.69) is 16.0 Å². The summed E-state index contributed by atoms with van der Waals surface area (Å²) in [6.07, 6.45) is 5.51. The second-order valence-electron chi connectivity index (χ2n) is 7.41. The van der Waals surface area contributed by atoms with Crippen LogP contribution in [-0.4, -0.2) is 21.6 Å². The van der Waals surface area contributed by atoms with Gasteiger partial charge >= 0.3 is 0 Å². The van der Waals surface area contributed by atoms with Crippen LogP contribution >= 0.6 is 11.3 Å². The summed E-state index contributed by atoms with van der Waals surface area (Å²) >= 11 is 1.50. The van der Waals surface area contributed by atoms with Gasteiger partial charge in [0.2, 0.25) is 0 Å². The molecule has 5 rings (SSSR count). The molecule has 0 amide bonds. The Morgan fingerprint density at radius 2 is 1.97 bits per heavy atom. The van der Waals surface area contributed by atoms with E-state index in [4.69, 9.17) is 4.74 Å². The minimum Gasteiger partial charge on any atom is -0.496 e. The van der Waals surface area contributed by atoms with Gasteiger partial charge in [0.25, 0.3) is 5.56 Å². The molecule has 1 aliphatic heterocycles. The number of aryl methyl sites for hydroxylation is 2. The van der Waals surface area contributed by atoms with Gasteiger partial charge in [-0.3, -0.25) is 9.78 Å². The highest BCUT2D eigenvalue weighted by atomic mass is 32.1. The smallest absolute Gasteiger partial charge is 0.261 e. The Morgan fingerprint density at radius 3 is 2.77 bits per heavy atom. The lowest BCUT2D eigenvalue weighted by molar-refractivity contribution is 0.416. The topological polar surface area (TPSA) is 57.0 Å². The Bertz CT molecular complexity index is 1310. The molecule has 0 unspecified atom stereocenters. The first kappa shape index (κ1) is 18.8. The Labute approximate surface area is 178 Å². The molecule has 30 heavy (non-hydrogen) atoms. The van der Waals surface area contributed by atoms with Crippen LogP contribution in [0.15, 0.2) is 59.0 Å². The van der Waals surface area contributed by atoms with Crippen molar-refractivity contribution in [3.8, 4) is 38.7 Å². The Kier molecular flexibility index (Phi) is 4.71. The van der Waals surface area contributed by atoms with Crippen LogP contribution in [0.3, 0.4) is 0 Å². The third-order valence-corrected chi connectivity index (χ3v) is 6.52. The van der Waals surface area contributed by atoms with E-state index in [1.54, 1.807) is 7.11 Å². The number of pyridine rings is 2.